The van der Waals surface area contributed by atoms with Crippen molar-refractivity contribution in [2.45, 2.75) is 45.6 Å². The van der Waals surface area contributed by atoms with Crippen molar-refractivity contribution in [2.24, 2.45) is 5.41 Å². The molecule has 0 spiro atoms. The van der Waals surface area contributed by atoms with Crippen molar-refractivity contribution in [3.63, 3.8) is 0 Å². The lowest BCUT2D eigenvalue weighted by molar-refractivity contribution is 0.310. The molecule has 0 heterocycles. The molecule has 1 fully saturated rings. The molecule has 3 heteroatoms. The van der Waals surface area contributed by atoms with E-state index >= 15 is 0 Å². The van der Waals surface area contributed by atoms with Crippen LogP contribution in [0.15, 0.2) is 18.2 Å². The van der Waals surface area contributed by atoms with Crippen LogP contribution in [0.5, 0.6) is 11.5 Å². The zero-order valence-electron chi connectivity index (χ0n) is 13.2. The maximum atomic E-state index is 5.45. The molecular weight excluding hydrogens is 250 g/mol. The molecule has 1 N–H and O–H groups in total. The first kappa shape index (κ1) is 15.2. The highest BCUT2D eigenvalue weighted by Gasteiger charge is 2.25. The van der Waals surface area contributed by atoms with E-state index < -0.39 is 0 Å². The highest BCUT2D eigenvalue weighted by molar-refractivity contribution is 5.40. The summed E-state index contributed by atoms with van der Waals surface area (Å²) in [6.07, 6.45) is 4.84. The second-order valence-corrected chi connectivity index (χ2v) is 6.50. The van der Waals surface area contributed by atoms with Crippen LogP contribution >= 0.6 is 0 Å². The number of methoxy groups -OCH3 is 2. The van der Waals surface area contributed by atoms with E-state index in [1.807, 2.05) is 12.1 Å². The third kappa shape index (κ3) is 4.41. The van der Waals surface area contributed by atoms with Gasteiger partial charge < -0.3 is 14.8 Å². The summed E-state index contributed by atoms with van der Waals surface area (Å²) in [6, 6.07) is 6.80. The Hall–Kier alpha value is -1.22. The summed E-state index contributed by atoms with van der Waals surface area (Å²) >= 11 is 0. The van der Waals surface area contributed by atoms with Gasteiger partial charge in [-0.2, -0.15) is 0 Å². The molecule has 0 amide bonds. The van der Waals surface area contributed by atoms with Gasteiger partial charge in [-0.3, -0.25) is 0 Å². The van der Waals surface area contributed by atoms with Gasteiger partial charge in [0.25, 0.3) is 0 Å². The van der Waals surface area contributed by atoms with E-state index in [9.17, 15) is 0 Å². The van der Waals surface area contributed by atoms with Crippen molar-refractivity contribution >= 4 is 0 Å². The number of ether oxygens (including phenoxy) is 2. The van der Waals surface area contributed by atoms with E-state index in [-0.39, 0.29) is 0 Å². The highest BCUT2D eigenvalue weighted by Crippen LogP contribution is 2.30. The third-order valence-electron chi connectivity index (χ3n) is 4.01. The maximum Gasteiger partial charge on any atom is 0.122 e. The minimum Gasteiger partial charge on any atom is -0.497 e. The Bertz CT molecular complexity index is 439. The molecule has 0 aromatic heterocycles. The molecule has 0 saturated heterocycles. The average molecular weight is 277 g/mol. The first-order valence-corrected chi connectivity index (χ1v) is 7.48. The van der Waals surface area contributed by atoms with Gasteiger partial charge in [-0.1, -0.05) is 13.8 Å². The lowest BCUT2D eigenvalue weighted by Crippen LogP contribution is -2.31. The predicted molar refractivity (Wildman–Crippen MR) is 82.7 cm³/mol. The Kier molecular flexibility index (Phi) is 4.92. The van der Waals surface area contributed by atoms with Gasteiger partial charge >= 0.3 is 0 Å². The lowest BCUT2D eigenvalue weighted by Gasteiger charge is -2.25. The lowest BCUT2D eigenvalue weighted by atomic mass is 9.86. The van der Waals surface area contributed by atoms with Crippen LogP contribution in [0.25, 0.3) is 0 Å². The summed E-state index contributed by atoms with van der Waals surface area (Å²) in [7, 11) is 3.43. The largest absolute Gasteiger partial charge is 0.497 e. The minimum absolute atomic E-state index is 0.302. The van der Waals surface area contributed by atoms with Crippen molar-refractivity contribution in [2.75, 3.05) is 20.8 Å². The topological polar surface area (TPSA) is 30.5 Å². The summed E-state index contributed by atoms with van der Waals surface area (Å²) in [5.41, 5.74) is 1.53. The fourth-order valence-electron chi connectivity index (χ4n) is 2.35. The second-order valence-electron chi connectivity index (χ2n) is 6.50. The van der Waals surface area contributed by atoms with Gasteiger partial charge in [0.05, 0.1) is 14.2 Å². The summed E-state index contributed by atoms with van der Waals surface area (Å²) in [4.78, 5) is 0. The van der Waals surface area contributed by atoms with Gasteiger partial charge in [0.2, 0.25) is 0 Å². The molecule has 0 aliphatic heterocycles. The minimum atomic E-state index is 0.302. The van der Waals surface area contributed by atoms with Crippen LogP contribution < -0.4 is 14.8 Å². The van der Waals surface area contributed by atoms with Crippen molar-refractivity contribution in [3.05, 3.63) is 23.8 Å². The Morgan fingerprint density at radius 1 is 1.20 bits per heavy atom. The number of hydrogen-bond donors (Lipinski definition) is 1. The molecule has 2 rings (SSSR count). The molecule has 1 saturated carbocycles. The van der Waals surface area contributed by atoms with Crippen LogP contribution in [0.4, 0.5) is 0 Å². The smallest absolute Gasteiger partial charge is 0.122 e. The second kappa shape index (κ2) is 6.49. The molecule has 1 aliphatic rings. The number of rotatable bonds is 8. The number of benzene rings is 1. The Morgan fingerprint density at radius 2 is 1.95 bits per heavy atom. The summed E-state index contributed by atoms with van der Waals surface area (Å²) in [5, 5.41) is 3.63. The van der Waals surface area contributed by atoms with Crippen LogP contribution in [-0.2, 0) is 6.42 Å². The van der Waals surface area contributed by atoms with Gasteiger partial charge in [-0.15, -0.1) is 0 Å². The van der Waals surface area contributed by atoms with Gasteiger partial charge in [0.15, 0.2) is 0 Å². The Morgan fingerprint density at radius 3 is 2.55 bits per heavy atom. The zero-order chi connectivity index (χ0) is 14.6. The van der Waals surface area contributed by atoms with Crippen LogP contribution in [-0.4, -0.2) is 26.8 Å². The molecule has 0 bridgehead atoms. The molecule has 0 radical (unpaired) electrons. The maximum absolute atomic E-state index is 5.45. The van der Waals surface area contributed by atoms with Gasteiger partial charge in [0, 0.05) is 12.6 Å². The normalized spacial score (nSPS) is 15.2. The molecule has 1 aliphatic carbocycles. The SMILES string of the molecule is COc1ccc(OC)c(CCC(C)(C)CNC2CC2)c1. The molecule has 112 valence electrons. The van der Waals surface area contributed by atoms with E-state index in [0.717, 1.165) is 36.9 Å². The molecule has 0 unspecified atom stereocenters. The number of aryl methyl sites for hydroxylation is 1. The summed E-state index contributed by atoms with van der Waals surface area (Å²) in [6.45, 7) is 5.74. The summed E-state index contributed by atoms with van der Waals surface area (Å²) in [5.74, 6) is 1.85. The van der Waals surface area contributed by atoms with Crippen LogP contribution in [0.2, 0.25) is 0 Å². The van der Waals surface area contributed by atoms with Crippen molar-refractivity contribution in [1.82, 2.24) is 5.32 Å². The van der Waals surface area contributed by atoms with Gasteiger partial charge in [0.1, 0.15) is 11.5 Å². The van der Waals surface area contributed by atoms with Crippen LogP contribution in [0.1, 0.15) is 38.7 Å². The molecule has 3 nitrogen and oxygen atoms in total. The summed E-state index contributed by atoms with van der Waals surface area (Å²) < 4.78 is 10.8. The zero-order valence-corrected chi connectivity index (χ0v) is 13.2. The molecule has 20 heavy (non-hydrogen) atoms. The Balaban J connectivity index is 1.93. The van der Waals surface area contributed by atoms with Crippen LogP contribution in [0.3, 0.4) is 0 Å². The van der Waals surface area contributed by atoms with Crippen molar-refractivity contribution in [3.8, 4) is 11.5 Å². The first-order valence-electron chi connectivity index (χ1n) is 7.48. The molecule has 0 atom stereocenters. The highest BCUT2D eigenvalue weighted by atomic mass is 16.5. The third-order valence-corrected chi connectivity index (χ3v) is 4.01. The van der Waals surface area contributed by atoms with E-state index in [0.29, 0.717) is 5.41 Å². The average Bonchev–Trinajstić information content (AvgIpc) is 3.27. The van der Waals surface area contributed by atoms with E-state index in [2.05, 4.69) is 25.2 Å². The van der Waals surface area contributed by atoms with Gasteiger partial charge in [-0.25, -0.2) is 0 Å². The fourth-order valence-corrected chi connectivity index (χ4v) is 2.35. The van der Waals surface area contributed by atoms with E-state index in [4.69, 9.17) is 9.47 Å². The van der Waals surface area contributed by atoms with Crippen molar-refractivity contribution in [1.29, 1.82) is 0 Å². The van der Waals surface area contributed by atoms with Crippen molar-refractivity contribution < 1.29 is 9.47 Å². The molecular formula is C17H27NO2. The fraction of sp³-hybridized carbons (Fsp3) is 0.647. The quantitative estimate of drug-likeness (QED) is 0.790. The monoisotopic (exact) mass is 277 g/mol. The van der Waals surface area contributed by atoms with Gasteiger partial charge in [-0.05, 0) is 54.9 Å². The van der Waals surface area contributed by atoms with Crippen LogP contribution in [0, 0.1) is 5.41 Å². The number of nitrogens with one attached hydrogen (secondary N) is 1. The number of hydrogen-bond acceptors (Lipinski definition) is 3. The first-order chi connectivity index (χ1) is 9.54. The standard InChI is InChI=1S/C17H27NO2/c1-17(2,12-18-14-5-6-14)10-9-13-11-15(19-3)7-8-16(13)20-4/h7-8,11,14,18H,5-6,9-10,12H2,1-4H3. The van der Waals surface area contributed by atoms with E-state index in [1.165, 1.54) is 18.4 Å². The molecule has 1 aromatic carbocycles. The predicted octanol–water partition coefficient (Wildman–Crippen LogP) is 3.41. The Labute approximate surface area is 122 Å². The molecule has 1 aromatic rings. The van der Waals surface area contributed by atoms with E-state index in [1.54, 1.807) is 14.2 Å².